The molecule has 6 nitrogen and oxygen atoms in total. The quantitative estimate of drug-likeness (QED) is 0.420. The average Bonchev–Trinajstić information content (AvgIpc) is 2.88. The van der Waals surface area contributed by atoms with Gasteiger partial charge in [0, 0.05) is 25.2 Å². The van der Waals surface area contributed by atoms with E-state index < -0.39 is 5.92 Å². The van der Waals surface area contributed by atoms with E-state index in [2.05, 4.69) is 23.1 Å². The number of carbonyl (C=O) groups excluding carboxylic acids is 1. The fraction of sp³-hybridized carbons (Fsp3) is 0.276. The summed E-state index contributed by atoms with van der Waals surface area (Å²) < 4.78 is 7.17. The third kappa shape index (κ3) is 3.60. The van der Waals surface area contributed by atoms with Crippen LogP contribution in [0.1, 0.15) is 41.0 Å². The average molecular weight is 466 g/mol. The van der Waals surface area contributed by atoms with Crippen LogP contribution in [-0.4, -0.2) is 28.5 Å². The summed E-state index contributed by atoms with van der Waals surface area (Å²) in [6.45, 7) is 3.49. The predicted octanol–water partition coefficient (Wildman–Crippen LogP) is 4.32. The van der Waals surface area contributed by atoms with Crippen molar-refractivity contribution in [2.24, 2.45) is 5.92 Å². The molecule has 35 heavy (non-hydrogen) atoms. The van der Waals surface area contributed by atoms with Crippen LogP contribution < -0.4 is 10.5 Å². The minimum Gasteiger partial charge on any atom is -0.466 e. The first kappa shape index (κ1) is 21.6. The zero-order chi connectivity index (χ0) is 23.9. The summed E-state index contributed by atoms with van der Waals surface area (Å²) in [7, 11) is 0. The molecule has 1 aliphatic carbocycles. The first-order valence-corrected chi connectivity index (χ1v) is 12.2. The van der Waals surface area contributed by atoms with Crippen LogP contribution in [0.15, 0.2) is 83.8 Å². The SMILES string of the molecule is CCOC(=O)[C@H]1c2ccccc2C[C@@H]2CN(Cc3ccccc3)c3nc4ccccn4c(=O)c3[C@@H]21. The lowest BCUT2D eigenvalue weighted by Crippen LogP contribution is -2.47. The molecule has 0 N–H and O–H groups in total. The molecule has 0 fully saturated rings. The number of ether oxygens (including phenoxy) is 1. The van der Waals surface area contributed by atoms with Crippen molar-refractivity contribution in [2.45, 2.75) is 31.7 Å². The normalized spacial score (nSPS) is 20.6. The molecule has 2 aliphatic rings. The van der Waals surface area contributed by atoms with Gasteiger partial charge in [-0.15, -0.1) is 0 Å². The number of rotatable bonds is 4. The maximum absolute atomic E-state index is 14.0. The molecule has 6 rings (SSSR count). The van der Waals surface area contributed by atoms with Crippen LogP contribution in [0, 0.1) is 5.92 Å². The van der Waals surface area contributed by atoms with Crippen molar-refractivity contribution in [3.8, 4) is 0 Å². The Morgan fingerprint density at radius 1 is 1.03 bits per heavy atom. The van der Waals surface area contributed by atoms with E-state index >= 15 is 0 Å². The van der Waals surface area contributed by atoms with E-state index in [9.17, 15) is 9.59 Å². The number of anilines is 1. The Labute approximate surface area is 203 Å². The zero-order valence-electron chi connectivity index (χ0n) is 19.6. The molecule has 176 valence electrons. The summed E-state index contributed by atoms with van der Waals surface area (Å²) in [6, 6.07) is 23.9. The van der Waals surface area contributed by atoms with Crippen molar-refractivity contribution in [1.29, 1.82) is 0 Å². The number of carbonyl (C=O) groups is 1. The topological polar surface area (TPSA) is 63.9 Å². The number of aromatic nitrogens is 2. The van der Waals surface area contributed by atoms with Crippen LogP contribution in [0.4, 0.5) is 5.82 Å². The molecular weight excluding hydrogens is 438 g/mol. The van der Waals surface area contributed by atoms with Crippen LogP contribution in [0.5, 0.6) is 0 Å². The molecule has 0 amide bonds. The monoisotopic (exact) mass is 465 g/mol. The van der Waals surface area contributed by atoms with Crippen molar-refractivity contribution in [2.75, 3.05) is 18.1 Å². The van der Waals surface area contributed by atoms with Gasteiger partial charge >= 0.3 is 5.97 Å². The maximum atomic E-state index is 14.0. The Morgan fingerprint density at radius 3 is 2.63 bits per heavy atom. The molecule has 0 saturated heterocycles. The van der Waals surface area contributed by atoms with E-state index in [-0.39, 0.29) is 23.4 Å². The van der Waals surface area contributed by atoms with Crippen molar-refractivity contribution in [1.82, 2.24) is 9.38 Å². The second kappa shape index (κ2) is 8.69. The van der Waals surface area contributed by atoms with Crippen molar-refractivity contribution in [3.05, 3.63) is 112 Å². The van der Waals surface area contributed by atoms with Gasteiger partial charge in [0.05, 0.1) is 18.1 Å². The van der Waals surface area contributed by atoms with Gasteiger partial charge in [0.2, 0.25) is 0 Å². The molecule has 0 saturated carbocycles. The van der Waals surface area contributed by atoms with Crippen LogP contribution in [0.25, 0.3) is 5.65 Å². The van der Waals surface area contributed by atoms with E-state index in [0.717, 1.165) is 23.1 Å². The Kier molecular flexibility index (Phi) is 5.36. The molecule has 6 heteroatoms. The lowest BCUT2D eigenvalue weighted by molar-refractivity contribution is -0.146. The molecule has 2 aromatic carbocycles. The van der Waals surface area contributed by atoms with E-state index in [1.54, 1.807) is 10.6 Å². The molecule has 0 unspecified atom stereocenters. The smallest absolute Gasteiger partial charge is 0.314 e. The number of hydrogen-bond donors (Lipinski definition) is 0. The van der Waals surface area contributed by atoms with E-state index in [1.165, 1.54) is 0 Å². The van der Waals surface area contributed by atoms with Crippen molar-refractivity contribution >= 4 is 17.4 Å². The Bertz CT molecular complexity index is 1460. The van der Waals surface area contributed by atoms with Gasteiger partial charge < -0.3 is 9.64 Å². The highest BCUT2D eigenvalue weighted by molar-refractivity contribution is 5.82. The summed E-state index contributed by atoms with van der Waals surface area (Å²) in [6.07, 6.45) is 2.56. The highest BCUT2D eigenvalue weighted by Gasteiger charge is 2.48. The van der Waals surface area contributed by atoms with Gasteiger partial charge in [0.25, 0.3) is 5.56 Å². The number of nitrogens with zero attached hydrogens (tertiary/aromatic N) is 3. The second-order valence-corrected chi connectivity index (χ2v) is 9.37. The highest BCUT2D eigenvalue weighted by atomic mass is 16.5. The summed E-state index contributed by atoms with van der Waals surface area (Å²) in [5.41, 5.74) is 4.40. The second-order valence-electron chi connectivity index (χ2n) is 9.37. The fourth-order valence-corrected chi connectivity index (χ4v) is 5.92. The summed E-state index contributed by atoms with van der Waals surface area (Å²) in [5.74, 6) is -0.316. The maximum Gasteiger partial charge on any atom is 0.314 e. The molecule has 0 bridgehead atoms. The van der Waals surface area contributed by atoms with Crippen molar-refractivity contribution < 1.29 is 9.53 Å². The molecule has 0 radical (unpaired) electrons. The number of hydrogen-bond acceptors (Lipinski definition) is 5. The molecule has 0 spiro atoms. The number of pyridine rings is 1. The number of fused-ring (bicyclic) bond motifs is 5. The van der Waals surface area contributed by atoms with Crippen LogP contribution in [-0.2, 0) is 22.5 Å². The summed E-state index contributed by atoms with van der Waals surface area (Å²) >= 11 is 0. The molecule has 3 atom stereocenters. The van der Waals surface area contributed by atoms with Gasteiger partial charge in [-0.2, -0.15) is 0 Å². The molecule has 3 heterocycles. The Hall–Kier alpha value is -3.93. The van der Waals surface area contributed by atoms with Gasteiger partial charge in [0.15, 0.2) is 0 Å². The third-order valence-electron chi connectivity index (χ3n) is 7.33. The lowest BCUT2D eigenvalue weighted by Gasteiger charge is -2.45. The van der Waals surface area contributed by atoms with Gasteiger partial charge in [-0.1, -0.05) is 60.7 Å². The van der Waals surface area contributed by atoms with E-state index in [1.807, 2.05) is 61.5 Å². The molecule has 1 aliphatic heterocycles. The number of esters is 1. The lowest BCUT2D eigenvalue weighted by atomic mass is 9.65. The summed E-state index contributed by atoms with van der Waals surface area (Å²) in [4.78, 5) is 34.6. The minimum absolute atomic E-state index is 0.0896. The van der Waals surface area contributed by atoms with Crippen LogP contribution in [0.3, 0.4) is 0 Å². The fourth-order valence-electron chi connectivity index (χ4n) is 5.92. The van der Waals surface area contributed by atoms with Gasteiger partial charge in [-0.3, -0.25) is 14.0 Å². The standard InChI is InChI=1S/C29H27N3O3/c1-2-35-29(34)25-22-13-7-6-12-20(22)16-21-18-31(17-19-10-4-3-5-11-19)27-26(24(21)25)28(33)32-15-9-8-14-23(32)30-27/h3-15,21,24-25H,2,16-18H2,1H3/t21-,24+,25+/m1/s1. The van der Waals surface area contributed by atoms with E-state index in [4.69, 9.17) is 9.72 Å². The van der Waals surface area contributed by atoms with Gasteiger partial charge in [-0.25, -0.2) is 4.98 Å². The number of benzene rings is 2. The minimum atomic E-state index is -0.529. The van der Waals surface area contributed by atoms with E-state index in [0.29, 0.717) is 36.7 Å². The van der Waals surface area contributed by atoms with Gasteiger partial charge in [-0.05, 0) is 48.1 Å². The third-order valence-corrected chi connectivity index (χ3v) is 7.33. The largest absolute Gasteiger partial charge is 0.466 e. The predicted molar refractivity (Wildman–Crippen MR) is 135 cm³/mol. The zero-order valence-corrected chi connectivity index (χ0v) is 19.6. The molecule has 2 aromatic heterocycles. The highest BCUT2D eigenvalue weighted by Crippen LogP contribution is 2.50. The molecular formula is C29H27N3O3. The van der Waals surface area contributed by atoms with Crippen LogP contribution >= 0.6 is 0 Å². The Morgan fingerprint density at radius 2 is 1.80 bits per heavy atom. The first-order valence-electron chi connectivity index (χ1n) is 12.2. The van der Waals surface area contributed by atoms with Crippen molar-refractivity contribution in [3.63, 3.8) is 0 Å². The van der Waals surface area contributed by atoms with Gasteiger partial charge in [0.1, 0.15) is 11.5 Å². The summed E-state index contributed by atoms with van der Waals surface area (Å²) in [5, 5.41) is 0. The molecule has 4 aromatic rings. The Balaban J connectivity index is 1.58. The van der Waals surface area contributed by atoms with Crippen LogP contribution in [0.2, 0.25) is 0 Å². The first-order chi connectivity index (χ1) is 17.2.